The molecule has 0 spiro atoms. The lowest BCUT2D eigenvalue weighted by molar-refractivity contribution is 0.317. The van der Waals surface area contributed by atoms with Crippen molar-refractivity contribution in [3.8, 4) is 0 Å². The van der Waals surface area contributed by atoms with Crippen molar-refractivity contribution in [2.45, 2.75) is 37.8 Å². The van der Waals surface area contributed by atoms with Crippen molar-refractivity contribution in [2.75, 3.05) is 11.5 Å². The molecule has 1 aromatic carbocycles. The van der Waals surface area contributed by atoms with E-state index >= 15 is 0 Å². The SMILES string of the molecule is CC1(C)CSCC(NCc2ccc(S(N)(=O)=O)cc2)C1. The molecule has 0 aliphatic carbocycles. The highest BCUT2D eigenvalue weighted by Crippen LogP contribution is 2.33. The van der Waals surface area contributed by atoms with Crippen LogP contribution in [0.3, 0.4) is 0 Å². The van der Waals surface area contributed by atoms with Gasteiger partial charge in [0.05, 0.1) is 4.90 Å². The zero-order valence-electron chi connectivity index (χ0n) is 11.9. The van der Waals surface area contributed by atoms with Crippen LogP contribution in [-0.4, -0.2) is 26.0 Å². The summed E-state index contributed by atoms with van der Waals surface area (Å²) in [5, 5.41) is 8.63. The van der Waals surface area contributed by atoms with Crippen LogP contribution >= 0.6 is 11.8 Å². The summed E-state index contributed by atoms with van der Waals surface area (Å²) in [6, 6.07) is 7.26. The largest absolute Gasteiger partial charge is 0.309 e. The number of primary sulfonamides is 1. The van der Waals surface area contributed by atoms with Gasteiger partial charge in [-0.15, -0.1) is 0 Å². The number of sulfonamides is 1. The Morgan fingerprint density at radius 1 is 1.35 bits per heavy atom. The van der Waals surface area contributed by atoms with Crippen molar-refractivity contribution >= 4 is 21.8 Å². The van der Waals surface area contributed by atoms with E-state index < -0.39 is 10.0 Å². The molecule has 1 atom stereocenters. The van der Waals surface area contributed by atoms with E-state index in [-0.39, 0.29) is 4.90 Å². The number of hydrogen-bond donors (Lipinski definition) is 2. The molecule has 0 saturated carbocycles. The number of nitrogens with two attached hydrogens (primary N) is 1. The second-order valence-electron chi connectivity index (χ2n) is 6.15. The smallest absolute Gasteiger partial charge is 0.238 e. The molecule has 1 aromatic rings. The third-order valence-electron chi connectivity index (χ3n) is 3.46. The van der Waals surface area contributed by atoms with Crippen molar-refractivity contribution in [2.24, 2.45) is 10.6 Å². The molecule has 20 heavy (non-hydrogen) atoms. The molecular weight excluding hydrogens is 292 g/mol. The van der Waals surface area contributed by atoms with Gasteiger partial charge in [0.25, 0.3) is 0 Å². The molecule has 3 N–H and O–H groups in total. The zero-order valence-corrected chi connectivity index (χ0v) is 13.6. The molecule has 1 aliphatic rings. The van der Waals surface area contributed by atoms with Crippen molar-refractivity contribution in [3.63, 3.8) is 0 Å². The van der Waals surface area contributed by atoms with Gasteiger partial charge in [-0.3, -0.25) is 0 Å². The van der Waals surface area contributed by atoms with Gasteiger partial charge >= 0.3 is 0 Å². The van der Waals surface area contributed by atoms with Crippen LogP contribution in [-0.2, 0) is 16.6 Å². The summed E-state index contributed by atoms with van der Waals surface area (Å²) in [5.74, 6) is 2.35. The topological polar surface area (TPSA) is 72.2 Å². The summed E-state index contributed by atoms with van der Waals surface area (Å²) in [7, 11) is -3.59. The van der Waals surface area contributed by atoms with Crippen LogP contribution in [0.2, 0.25) is 0 Å². The number of nitrogens with one attached hydrogen (secondary N) is 1. The first-order valence-electron chi connectivity index (χ1n) is 6.69. The molecule has 0 bridgehead atoms. The van der Waals surface area contributed by atoms with Crippen LogP contribution in [0.1, 0.15) is 25.8 Å². The van der Waals surface area contributed by atoms with E-state index in [4.69, 9.17) is 5.14 Å². The van der Waals surface area contributed by atoms with Gasteiger partial charge < -0.3 is 5.32 Å². The minimum Gasteiger partial charge on any atom is -0.309 e. The molecular formula is C14H22N2O2S2. The lowest BCUT2D eigenvalue weighted by Crippen LogP contribution is -2.39. The molecule has 1 unspecified atom stereocenters. The second kappa shape index (κ2) is 6.05. The molecule has 0 amide bonds. The molecule has 1 heterocycles. The molecule has 4 nitrogen and oxygen atoms in total. The number of hydrogen-bond acceptors (Lipinski definition) is 4. The number of thioether (sulfide) groups is 1. The predicted molar refractivity (Wildman–Crippen MR) is 84.2 cm³/mol. The number of benzene rings is 1. The average molecular weight is 314 g/mol. The van der Waals surface area contributed by atoms with Crippen LogP contribution in [0, 0.1) is 5.41 Å². The Morgan fingerprint density at radius 2 is 2.00 bits per heavy atom. The summed E-state index contributed by atoms with van der Waals surface area (Å²) in [5.41, 5.74) is 1.46. The highest BCUT2D eigenvalue weighted by atomic mass is 32.2. The normalized spacial score (nSPS) is 22.6. The van der Waals surface area contributed by atoms with Crippen molar-refractivity contribution in [3.05, 3.63) is 29.8 Å². The first kappa shape index (κ1) is 15.8. The van der Waals surface area contributed by atoms with E-state index in [9.17, 15) is 8.42 Å². The molecule has 2 rings (SSSR count). The number of rotatable bonds is 4. The van der Waals surface area contributed by atoms with Gasteiger partial charge in [0, 0.05) is 18.3 Å². The maximum Gasteiger partial charge on any atom is 0.238 e. The summed E-state index contributed by atoms with van der Waals surface area (Å²) in [6.45, 7) is 5.36. The minimum absolute atomic E-state index is 0.163. The van der Waals surface area contributed by atoms with Gasteiger partial charge in [0.1, 0.15) is 0 Å². The van der Waals surface area contributed by atoms with Gasteiger partial charge in [0.2, 0.25) is 10.0 Å². The Hall–Kier alpha value is -0.560. The van der Waals surface area contributed by atoms with Crippen LogP contribution in [0.15, 0.2) is 29.2 Å². The highest BCUT2D eigenvalue weighted by molar-refractivity contribution is 7.99. The Morgan fingerprint density at radius 3 is 2.55 bits per heavy atom. The molecule has 6 heteroatoms. The third kappa shape index (κ3) is 4.48. The fourth-order valence-corrected chi connectivity index (χ4v) is 4.28. The maximum absolute atomic E-state index is 11.2. The Bertz CT molecular complexity index is 553. The van der Waals surface area contributed by atoms with Crippen LogP contribution < -0.4 is 10.5 Å². The van der Waals surface area contributed by atoms with Gasteiger partial charge in [-0.05, 0) is 35.3 Å². The second-order valence-corrected chi connectivity index (χ2v) is 8.74. The average Bonchev–Trinajstić information content (AvgIpc) is 2.35. The van der Waals surface area contributed by atoms with E-state index in [1.54, 1.807) is 12.1 Å². The van der Waals surface area contributed by atoms with E-state index in [1.165, 1.54) is 12.2 Å². The molecule has 1 fully saturated rings. The molecule has 1 saturated heterocycles. The lowest BCUT2D eigenvalue weighted by atomic mass is 9.88. The van der Waals surface area contributed by atoms with Gasteiger partial charge in [-0.2, -0.15) is 11.8 Å². The summed E-state index contributed by atoms with van der Waals surface area (Å²) >= 11 is 1.99. The van der Waals surface area contributed by atoms with E-state index in [0.29, 0.717) is 11.5 Å². The van der Waals surface area contributed by atoms with Crippen molar-refractivity contribution in [1.29, 1.82) is 0 Å². The monoisotopic (exact) mass is 314 g/mol. The van der Waals surface area contributed by atoms with Crippen molar-refractivity contribution in [1.82, 2.24) is 5.32 Å². The predicted octanol–water partition coefficient (Wildman–Crippen LogP) is 1.96. The Balaban J connectivity index is 1.91. The van der Waals surface area contributed by atoms with Crippen molar-refractivity contribution < 1.29 is 8.42 Å². The molecule has 1 aliphatic heterocycles. The fraction of sp³-hybridized carbons (Fsp3) is 0.571. The standard InChI is InChI=1S/C14H22N2O2S2/c1-14(2)7-12(9-19-10-14)16-8-11-3-5-13(6-4-11)20(15,17)18/h3-6,12,16H,7-10H2,1-2H3,(H2,15,17,18). The first-order valence-corrected chi connectivity index (χ1v) is 9.39. The lowest BCUT2D eigenvalue weighted by Gasteiger charge is -2.35. The quantitative estimate of drug-likeness (QED) is 0.891. The first-order chi connectivity index (χ1) is 9.26. The zero-order chi connectivity index (χ0) is 14.8. The Kier molecular flexibility index (Phi) is 4.79. The van der Waals surface area contributed by atoms with Crippen LogP contribution in [0.5, 0.6) is 0 Å². The molecule has 112 valence electrons. The van der Waals surface area contributed by atoms with Gasteiger partial charge in [-0.25, -0.2) is 13.6 Å². The summed E-state index contributed by atoms with van der Waals surface area (Å²) < 4.78 is 22.4. The van der Waals surface area contributed by atoms with E-state index in [0.717, 1.165) is 17.9 Å². The molecule has 0 aromatic heterocycles. The Labute approximate surface area is 125 Å². The minimum atomic E-state index is -3.59. The summed E-state index contributed by atoms with van der Waals surface area (Å²) in [6.07, 6.45) is 1.18. The van der Waals surface area contributed by atoms with Gasteiger partial charge in [-0.1, -0.05) is 26.0 Å². The van der Waals surface area contributed by atoms with Crippen LogP contribution in [0.25, 0.3) is 0 Å². The highest BCUT2D eigenvalue weighted by Gasteiger charge is 2.27. The summed E-state index contributed by atoms with van der Waals surface area (Å²) in [4.78, 5) is 0.163. The molecule has 0 radical (unpaired) electrons. The van der Waals surface area contributed by atoms with E-state index in [1.807, 2.05) is 23.9 Å². The van der Waals surface area contributed by atoms with E-state index in [2.05, 4.69) is 19.2 Å². The fourth-order valence-electron chi connectivity index (χ4n) is 2.45. The third-order valence-corrected chi connectivity index (χ3v) is 6.01. The maximum atomic E-state index is 11.2. The van der Waals surface area contributed by atoms with Gasteiger partial charge in [0.15, 0.2) is 0 Å². The van der Waals surface area contributed by atoms with Crippen LogP contribution in [0.4, 0.5) is 0 Å².